The lowest BCUT2D eigenvalue weighted by atomic mass is 9.90. The smallest absolute Gasteiger partial charge is 0.234 e. The van der Waals surface area contributed by atoms with Gasteiger partial charge in [-0.1, -0.05) is 43.8 Å². The largest absolute Gasteiger partial charge is 0.337 e. The third-order valence-corrected chi connectivity index (χ3v) is 5.68. The Balaban J connectivity index is 2.22. The fraction of sp³-hybridized carbons (Fsp3) is 0.450. The third kappa shape index (κ3) is 4.13. The van der Waals surface area contributed by atoms with Crippen LogP contribution in [0.2, 0.25) is 0 Å². The number of aryl methyl sites for hydroxylation is 2. The lowest BCUT2D eigenvalue weighted by Gasteiger charge is -2.28. The van der Waals surface area contributed by atoms with Gasteiger partial charge in [0.2, 0.25) is 5.91 Å². The number of aromatic nitrogens is 1. The zero-order valence-corrected chi connectivity index (χ0v) is 16.5. The standard InChI is InChI=1S/C20H25N3OS/c1-12(2)20(6,11-21)23-19(24)15(5)25-17-10-14(4)16-9-7-8-13(3)18(16)22-17/h7-10,12,15H,1-6H3,(H,23,24)/t15-,20+/m1/s1. The van der Waals surface area contributed by atoms with E-state index in [-0.39, 0.29) is 17.1 Å². The Hall–Kier alpha value is -2.06. The summed E-state index contributed by atoms with van der Waals surface area (Å²) in [7, 11) is 0. The molecule has 1 aromatic carbocycles. The molecule has 1 heterocycles. The van der Waals surface area contributed by atoms with Crippen LogP contribution in [0, 0.1) is 31.1 Å². The van der Waals surface area contributed by atoms with Crippen LogP contribution in [-0.2, 0) is 4.79 Å². The number of carbonyl (C=O) groups excluding carboxylic acids is 1. The van der Waals surface area contributed by atoms with Gasteiger partial charge in [0.25, 0.3) is 0 Å². The van der Waals surface area contributed by atoms with E-state index < -0.39 is 5.54 Å². The Labute approximate surface area is 154 Å². The van der Waals surface area contributed by atoms with Crippen molar-refractivity contribution in [3.63, 3.8) is 0 Å². The van der Waals surface area contributed by atoms with Gasteiger partial charge in [0.15, 0.2) is 0 Å². The number of benzene rings is 1. The summed E-state index contributed by atoms with van der Waals surface area (Å²) in [4.78, 5) is 17.3. The quantitative estimate of drug-likeness (QED) is 0.808. The van der Waals surface area contributed by atoms with Crippen LogP contribution in [0.5, 0.6) is 0 Å². The summed E-state index contributed by atoms with van der Waals surface area (Å²) in [5, 5.41) is 13.9. The highest BCUT2D eigenvalue weighted by molar-refractivity contribution is 8.00. The second kappa shape index (κ2) is 7.45. The molecule has 132 valence electrons. The molecule has 4 nitrogen and oxygen atoms in total. The molecule has 0 aliphatic carbocycles. The van der Waals surface area contributed by atoms with Crippen LogP contribution in [0.15, 0.2) is 29.3 Å². The highest BCUT2D eigenvalue weighted by Gasteiger charge is 2.31. The number of nitrogens with zero attached hydrogens (tertiary/aromatic N) is 2. The molecule has 0 unspecified atom stereocenters. The number of nitriles is 1. The molecule has 2 aromatic rings. The number of hydrogen-bond donors (Lipinski definition) is 1. The Morgan fingerprint density at radius 3 is 2.56 bits per heavy atom. The fourth-order valence-electron chi connectivity index (χ4n) is 2.48. The Morgan fingerprint density at radius 2 is 1.96 bits per heavy atom. The monoisotopic (exact) mass is 355 g/mol. The number of hydrogen-bond acceptors (Lipinski definition) is 4. The van der Waals surface area contributed by atoms with Crippen LogP contribution < -0.4 is 5.32 Å². The average Bonchev–Trinajstić information content (AvgIpc) is 2.55. The zero-order chi connectivity index (χ0) is 18.8. The molecule has 5 heteroatoms. The van der Waals surface area contributed by atoms with Crippen LogP contribution >= 0.6 is 11.8 Å². The van der Waals surface area contributed by atoms with E-state index in [0.717, 1.165) is 27.1 Å². The van der Waals surface area contributed by atoms with Crippen molar-refractivity contribution in [1.82, 2.24) is 10.3 Å². The van der Waals surface area contributed by atoms with Crippen molar-refractivity contribution in [2.75, 3.05) is 0 Å². The average molecular weight is 356 g/mol. The zero-order valence-electron chi connectivity index (χ0n) is 15.7. The summed E-state index contributed by atoms with van der Waals surface area (Å²) < 4.78 is 0. The van der Waals surface area contributed by atoms with E-state index in [1.54, 1.807) is 6.92 Å². The van der Waals surface area contributed by atoms with Gasteiger partial charge in [0.1, 0.15) is 5.54 Å². The molecule has 2 atom stereocenters. The second-order valence-electron chi connectivity index (χ2n) is 6.97. The first kappa shape index (κ1) is 19.3. The first-order chi connectivity index (χ1) is 11.7. The Bertz CT molecular complexity index is 841. The first-order valence-electron chi connectivity index (χ1n) is 8.45. The van der Waals surface area contributed by atoms with E-state index in [0.29, 0.717) is 0 Å². The maximum Gasteiger partial charge on any atom is 0.234 e. The van der Waals surface area contributed by atoms with Gasteiger partial charge in [-0.2, -0.15) is 5.26 Å². The molecule has 25 heavy (non-hydrogen) atoms. The Kier molecular flexibility index (Phi) is 5.74. The van der Waals surface area contributed by atoms with Crippen molar-refractivity contribution in [1.29, 1.82) is 5.26 Å². The number of amides is 1. The number of nitrogens with one attached hydrogen (secondary N) is 1. The van der Waals surface area contributed by atoms with Gasteiger partial charge in [0.05, 0.1) is 21.9 Å². The summed E-state index contributed by atoms with van der Waals surface area (Å²) in [6, 6.07) is 10.4. The van der Waals surface area contributed by atoms with E-state index in [1.807, 2.05) is 45.9 Å². The topological polar surface area (TPSA) is 65.8 Å². The highest BCUT2D eigenvalue weighted by Crippen LogP contribution is 2.28. The van der Waals surface area contributed by atoms with Crippen molar-refractivity contribution in [2.45, 2.75) is 57.4 Å². The molecule has 0 bridgehead atoms. The van der Waals surface area contributed by atoms with E-state index in [4.69, 9.17) is 4.98 Å². The SMILES string of the molecule is Cc1cc(S[C@H](C)C(=O)N[C@@](C)(C#N)C(C)C)nc2c(C)cccc12. The minimum atomic E-state index is -0.866. The van der Waals surface area contributed by atoms with Crippen LogP contribution in [0.4, 0.5) is 0 Å². The predicted octanol–water partition coefficient (Wildman–Crippen LogP) is 4.39. The molecule has 0 spiro atoms. The predicted molar refractivity (Wildman–Crippen MR) is 104 cm³/mol. The summed E-state index contributed by atoms with van der Waals surface area (Å²) in [6.45, 7) is 11.6. The van der Waals surface area contributed by atoms with Crippen LogP contribution in [0.1, 0.15) is 38.8 Å². The molecule has 0 saturated carbocycles. The fourth-order valence-corrected chi connectivity index (χ4v) is 3.40. The normalized spacial score (nSPS) is 14.8. The van der Waals surface area contributed by atoms with Crippen molar-refractivity contribution in [3.05, 3.63) is 35.4 Å². The first-order valence-corrected chi connectivity index (χ1v) is 9.33. The van der Waals surface area contributed by atoms with Crippen molar-refractivity contribution in [2.24, 2.45) is 5.92 Å². The maximum atomic E-state index is 12.5. The van der Waals surface area contributed by atoms with Crippen LogP contribution in [-0.4, -0.2) is 21.7 Å². The van der Waals surface area contributed by atoms with Crippen molar-refractivity contribution in [3.8, 4) is 6.07 Å². The lowest BCUT2D eigenvalue weighted by molar-refractivity contribution is -0.121. The summed E-state index contributed by atoms with van der Waals surface area (Å²) in [5.74, 6) is -0.116. The van der Waals surface area contributed by atoms with E-state index >= 15 is 0 Å². The van der Waals surface area contributed by atoms with Gasteiger partial charge in [0, 0.05) is 5.39 Å². The molecular formula is C20H25N3OS. The second-order valence-corrected chi connectivity index (χ2v) is 8.33. The van der Waals surface area contributed by atoms with Gasteiger partial charge in [-0.3, -0.25) is 4.79 Å². The number of rotatable bonds is 5. The van der Waals surface area contributed by atoms with Crippen molar-refractivity contribution >= 4 is 28.6 Å². The molecule has 0 aliphatic rings. The van der Waals surface area contributed by atoms with Gasteiger partial charge in [-0.05, 0) is 50.8 Å². The minimum Gasteiger partial charge on any atom is -0.337 e. The summed E-state index contributed by atoms with van der Waals surface area (Å²) in [6.07, 6.45) is 0. The summed E-state index contributed by atoms with van der Waals surface area (Å²) in [5.41, 5.74) is 2.38. The van der Waals surface area contributed by atoms with E-state index in [9.17, 15) is 10.1 Å². The van der Waals surface area contributed by atoms with Gasteiger partial charge in [-0.25, -0.2) is 4.98 Å². The maximum absolute atomic E-state index is 12.5. The molecule has 1 aromatic heterocycles. The molecule has 2 rings (SSSR count). The third-order valence-electron chi connectivity index (χ3n) is 4.66. The molecule has 0 fully saturated rings. The number of thioether (sulfide) groups is 1. The molecule has 1 N–H and O–H groups in total. The molecule has 0 radical (unpaired) electrons. The van der Waals surface area contributed by atoms with Gasteiger partial charge < -0.3 is 5.32 Å². The summed E-state index contributed by atoms with van der Waals surface area (Å²) >= 11 is 1.42. The molecular weight excluding hydrogens is 330 g/mol. The number of carbonyl (C=O) groups is 1. The number of pyridine rings is 1. The van der Waals surface area contributed by atoms with Crippen LogP contribution in [0.25, 0.3) is 10.9 Å². The van der Waals surface area contributed by atoms with Gasteiger partial charge in [-0.15, -0.1) is 0 Å². The lowest BCUT2D eigenvalue weighted by Crippen LogP contribution is -2.51. The van der Waals surface area contributed by atoms with E-state index in [2.05, 4.69) is 24.4 Å². The van der Waals surface area contributed by atoms with Crippen molar-refractivity contribution < 1.29 is 4.79 Å². The number of fused-ring (bicyclic) bond motifs is 1. The minimum absolute atomic E-state index is 0.0299. The van der Waals surface area contributed by atoms with Crippen LogP contribution in [0.3, 0.4) is 0 Å². The van der Waals surface area contributed by atoms with E-state index in [1.165, 1.54) is 11.8 Å². The Morgan fingerprint density at radius 1 is 1.28 bits per heavy atom. The van der Waals surface area contributed by atoms with Gasteiger partial charge >= 0.3 is 0 Å². The number of para-hydroxylation sites is 1. The molecule has 0 aliphatic heterocycles. The molecule has 0 saturated heterocycles. The molecule has 1 amide bonds. The highest BCUT2D eigenvalue weighted by atomic mass is 32.2.